The molecule has 114 valence electrons. The van der Waals surface area contributed by atoms with Crippen LogP contribution in [0.5, 0.6) is 0 Å². The summed E-state index contributed by atoms with van der Waals surface area (Å²) in [5.41, 5.74) is 0.948. The second-order valence-electron chi connectivity index (χ2n) is 5.37. The van der Waals surface area contributed by atoms with Crippen molar-refractivity contribution >= 4 is 5.82 Å². The molecule has 4 heteroatoms. The number of hydrogen-bond donors (Lipinski definition) is 1. The smallest absolute Gasteiger partial charge is 0.141 e. The minimum atomic E-state index is -0.262. The summed E-state index contributed by atoms with van der Waals surface area (Å²) >= 11 is 0. The van der Waals surface area contributed by atoms with Crippen molar-refractivity contribution in [1.29, 1.82) is 0 Å². The van der Waals surface area contributed by atoms with E-state index < -0.39 is 0 Å². The summed E-state index contributed by atoms with van der Waals surface area (Å²) in [7, 11) is 0. The predicted molar refractivity (Wildman–Crippen MR) is 83.5 cm³/mol. The summed E-state index contributed by atoms with van der Waals surface area (Å²) in [4.78, 5) is 6.57. The first-order valence-corrected chi connectivity index (χ1v) is 7.72. The fourth-order valence-corrected chi connectivity index (χ4v) is 2.16. The molecule has 0 saturated heterocycles. The molecular weight excluding hydrogens is 253 g/mol. The molecule has 0 fully saturated rings. The lowest BCUT2D eigenvalue weighted by Crippen LogP contribution is -2.30. The Balaban J connectivity index is 2.89. The zero-order valence-electron chi connectivity index (χ0n) is 13.2. The van der Waals surface area contributed by atoms with Gasteiger partial charge in [0.15, 0.2) is 0 Å². The zero-order chi connectivity index (χ0) is 15.0. The van der Waals surface area contributed by atoms with E-state index in [1.165, 1.54) is 6.20 Å². The van der Waals surface area contributed by atoms with Gasteiger partial charge < -0.3 is 10.2 Å². The van der Waals surface area contributed by atoms with Crippen LogP contribution in [0.15, 0.2) is 12.3 Å². The van der Waals surface area contributed by atoms with Gasteiger partial charge in [0, 0.05) is 25.2 Å². The van der Waals surface area contributed by atoms with E-state index in [2.05, 4.69) is 42.9 Å². The molecule has 0 aliphatic rings. The number of nitrogens with one attached hydrogen (secondary N) is 1. The quantitative estimate of drug-likeness (QED) is 0.701. The van der Waals surface area contributed by atoms with E-state index in [0.717, 1.165) is 43.9 Å². The van der Waals surface area contributed by atoms with Crippen LogP contribution in [0.2, 0.25) is 0 Å². The molecule has 1 aromatic heterocycles. The third kappa shape index (κ3) is 5.08. The molecule has 1 unspecified atom stereocenters. The lowest BCUT2D eigenvalue weighted by molar-refractivity contribution is 0.541. The highest BCUT2D eigenvalue weighted by Gasteiger charge is 2.14. The normalized spacial score (nSPS) is 12.4. The van der Waals surface area contributed by atoms with Gasteiger partial charge >= 0.3 is 0 Å². The van der Waals surface area contributed by atoms with Crippen molar-refractivity contribution in [2.75, 3.05) is 24.5 Å². The molecule has 1 aromatic rings. The molecule has 0 amide bonds. The van der Waals surface area contributed by atoms with Crippen molar-refractivity contribution in [2.24, 2.45) is 5.92 Å². The van der Waals surface area contributed by atoms with Gasteiger partial charge in [-0.2, -0.15) is 0 Å². The summed E-state index contributed by atoms with van der Waals surface area (Å²) < 4.78 is 13.4. The first-order valence-electron chi connectivity index (χ1n) is 7.72. The Morgan fingerprint density at radius 3 is 2.70 bits per heavy atom. The number of aromatic nitrogens is 1. The van der Waals surface area contributed by atoms with Crippen LogP contribution in [-0.4, -0.2) is 24.6 Å². The first-order chi connectivity index (χ1) is 9.62. The average Bonchev–Trinajstić information content (AvgIpc) is 2.45. The Morgan fingerprint density at radius 1 is 1.35 bits per heavy atom. The highest BCUT2D eigenvalue weighted by Crippen LogP contribution is 2.20. The van der Waals surface area contributed by atoms with Gasteiger partial charge in [0.1, 0.15) is 11.6 Å². The Bertz CT molecular complexity index is 395. The van der Waals surface area contributed by atoms with Crippen LogP contribution >= 0.6 is 0 Å². The Kier molecular flexibility index (Phi) is 7.52. The minimum Gasteiger partial charge on any atom is -0.356 e. The maximum atomic E-state index is 13.4. The van der Waals surface area contributed by atoms with E-state index in [-0.39, 0.29) is 5.82 Å². The van der Waals surface area contributed by atoms with Gasteiger partial charge in [0.2, 0.25) is 0 Å². The monoisotopic (exact) mass is 281 g/mol. The van der Waals surface area contributed by atoms with E-state index in [0.29, 0.717) is 12.5 Å². The second-order valence-corrected chi connectivity index (χ2v) is 5.37. The van der Waals surface area contributed by atoms with Crippen LogP contribution in [0, 0.1) is 11.7 Å². The summed E-state index contributed by atoms with van der Waals surface area (Å²) in [6, 6.07) is 1.60. The van der Waals surface area contributed by atoms with Crippen LogP contribution in [-0.2, 0) is 6.54 Å². The fraction of sp³-hybridized carbons (Fsp3) is 0.688. The summed E-state index contributed by atoms with van der Waals surface area (Å²) in [5, 5.41) is 3.33. The van der Waals surface area contributed by atoms with Gasteiger partial charge in [0.05, 0.1) is 6.20 Å². The molecule has 1 N–H and O–H groups in total. The standard InChI is InChI=1S/C16H28FN3/c1-5-8-18-10-14-9-15(17)11-19-16(14)20(7-3)12-13(4)6-2/h9,11,13,18H,5-8,10,12H2,1-4H3. The van der Waals surface area contributed by atoms with Crippen molar-refractivity contribution in [3.63, 3.8) is 0 Å². The molecule has 0 spiro atoms. The Morgan fingerprint density at radius 2 is 2.10 bits per heavy atom. The largest absolute Gasteiger partial charge is 0.356 e. The van der Waals surface area contributed by atoms with Crippen molar-refractivity contribution < 1.29 is 4.39 Å². The van der Waals surface area contributed by atoms with E-state index >= 15 is 0 Å². The van der Waals surface area contributed by atoms with Gasteiger partial charge in [-0.1, -0.05) is 27.2 Å². The first kappa shape index (κ1) is 16.9. The SMILES string of the molecule is CCCNCc1cc(F)cnc1N(CC)CC(C)CC. The lowest BCUT2D eigenvalue weighted by atomic mass is 10.1. The van der Waals surface area contributed by atoms with Crippen LogP contribution < -0.4 is 10.2 Å². The molecule has 0 aromatic carbocycles. The highest BCUT2D eigenvalue weighted by molar-refractivity contribution is 5.46. The number of nitrogens with zero attached hydrogens (tertiary/aromatic N) is 2. The number of halogens is 1. The molecule has 0 bridgehead atoms. The highest BCUT2D eigenvalue weighted by atomic mass is 19.1. The van der Waals surface area contributed by atoms with Crippen molar-refractivity contribution in [2.45, 2.75) is 47.1 Å². The average molecular weight is 281 g/mol. The molecule has 0 aliphatic heterocycles. The van der Waals surface area contributed by atoms with Crippen molar-refractivity contribution in [3.05, 3.63) is 23.6 Å². The number of pyridine rings is 1. The van der Waals surface area contributed by atoms with Gasteiger partial charge in [-0.3, -0.25) is 0 Å². The van der Waals surface area contributed by atoms with Crippen molar-refractivity contribution in [1.82, 2.24) is 10.3 Å². The molecule has 20 heavy (non-hydrogen) atoms. The van der Waals surface area contributed by atoms with Gasteiger partial charge in [0.25, 0.3) is 0 Å². The molecule has 1 atom stereocenters. The summed E-state index contributed by atoms with van der Waals surface area (Å²) in [6.45, 7) is 12.1. The topological polar surface area (TPSA) is 28.2 Å². The summed E-state index contributed by atoms with van der Waals surface area (Å²) in [5.74, 6) is 1.26. The molecule has 0 aliphatic carbocycles. The third-order valence-electron chi connectivity index (χ3n) is 3.56. The lowest BCUT2D eigenvalue weighted by Gasteiger charge is -2.27. The van der Waals surface area contributed by atoms with Crippen LogP contribution in [0.1, 0.15) is 46.1 Å². The van der Waals surface area contributed by atoms with E-state index in [4.69, 9.17) is 0 Å². The van der Waals surface area contributed by atoms with Crippen LogP contribution in [0.25, 0.3) is 0 Å². The fourth-order valence-electron chi connectivity index (χ4n) is 2.16. The summed E-state index contributed by atoms with van der Waals surface area (Å²) in [6.07, 6.45) is 3.53. The Hall–Kier alpha value is -1.16. The van der Waals surface area contributed by atoms with E-state index in [1.54, 1.807) is 6.07 Å². The zero-order valence-corrected chi connectivity index (χ0v) is 13.2. The predicted octanol–water partition coefficient (Wildman–Crippen LogP) is 3.59. The maximum Gasteiger partial charge on any atom is 0.141 e. The molecule has 0 saturated carbocycles. The van der Waals surface area contributed by atoms with E-state index in [9.17, 15) is 4.39 Å². The maximum absolute atomic E-state index is 13.4. The molecular formula is C16H28FN3. The third-order valence-corrected chi connectivity index (χ3v) is 3.56. The van der Waals surface area contributed by atoms with Gasteiger partial charge in [-0.25, -0.2) is 9.37 Å². The molecule has 3 nitrogen and oxygen atoms in total. The Labute approximate surface area is 122 Å². The second kappa shape index (κ2) is 8.90. The van der Waals surface area contributed by atoms with Gasteiger partial charge in [-0.15, -0.1) is 0 Å². The molecule has 1 heterocycles. The van der Waals surface area contributed by atoms with Crippen LogP contribution in [0.4, 0.5) is 10.2 Å². The molecule has 0 radical (unpaired) electrons. The molecule has 1 rings (SSSR count). The number of rotatable bonds is 9. The van der Waals surface area contributed by atoms with Gasteiger partial charge in [-0.05, 0) is 31.9 Å². The van der Waals surface area contributed by atoms with Crippen molar-refractivity contribution in [3.8, 4) is 0 Å². The van der Waals surface area contributed by atoms with Crippen LogP contribution in [0.3, 0.4) is 0 Å². The number of anilines is 1. The minimum absolute atomic E-state index is 0.262. The number of hydrogen-bond acceptors (Lipinski definition) is 3. The van der Waals surface area contributed by atoms with E-state index in [1.807, 2.05) is 0 Å².